The maximum absolute atomic E-state index is 14.1. The Morgan fingerprint density at radius 1 is 0.878 bits per heavy atom. The van der Waals surface area contributed by atoms with Gasteiger partial charge in [0.05, 0.1) is 10.6 Å². The van der Waals surface area contributed by atoms with Crippen LogP contribution in [-0.4, -0.2) is 43.8 Å². The minimum atomic E-state index is -4.18. The first-order valence-electron chi connectivity index (χ1n) is 13.3. The Morgan fingerprint density at radius 3 is 2.05 bits per heavy atom. The quantitative estimate of drug-likeness (QED) is 0.235. The molecule has 0 aromatic heterocycles. The Kier molecular flexibility index (Phi) is 11.5. The van der Waals surface area contributed by atoms with Gasteiger partial charge in [-0.05, 0) is 80.8 Å². The molecule has 2 atom stereocenters. The van der Waals surface area contributed by atoms with E-state index in [0.29, 0.717) is 33.5 Å². The summed E-state index contributed by atoms with van der Waals surface area (Å²) < 4.78 is 28.8. The highest BCUT2D eigenvalue weighted by atomic mass is 35.5. The van der Waals surface area contributed by atoms with Gasteiger partial charge in [-0.15, -0.1) is 0 Å². The van der Waals surface area contributed by atoms with Crippen molar-refractivity contribution in [1.82, 2.24) is 10.2 Å². The van der Waals surface area contributed by atoms with Gasteiger partial charge in [0.2, 0.25) is 11.8 Å². The van der Waals surface area contributed by atoms with Gasteiger partial charge >= 0.3 is 0 Å². The van der Waals surface area contributed by atoms with Crippen LogP contribution in [0.3, 0.4) is 0 Å². The first-order chi connectivity index (χ1) is 19.4. The van der Waals surface area contributed by atoms with Crippen molar-refractivity contribution in [3.05, 3.63) is 92.9 Å². The lowest BCUT2D eigenvalue weighted by atomic mass is 10.1. The van der Waals surface area contributed by atoms with E-state index in [4.69, 9.17) is 34.8 Å². The molecular formula is C30H34Cl3N3O4S. The van der Waals surface area contributed by atoms with Crippen LogP contribution >= 0.6 is 34.8 Å². The van der Waals surface area contributed by atoms with Gasteiger partial charge in [-0.1, -0.05) is 72.4 Å². The third-order valence-electron chi connectivity index (χ3n) is 6.75. The number of halogens is 3. The van der Waals surface area contributed by atoms with E-state index in [2.05, 4.69) is 5.32 Å². The number of hydrogen-bond donors (Lipinski definition) is 1. The van der Waals surface area contributed by atoms with Gasteiger partial charge in [-0.3, -0.25) is 13.9 Å². The van der Waals surface area contributed by atoms with Crippen LogP contribution in [0.2, 0.25) is 15.1 Å². The Bertz CT molecular complexity index is 1470. The van der Waals surface area contributed by atoms with Crippen molar-refractivity contribution in [2.45, 2.75) is 64.1 Å². The largest absolute Gasteiger partial charge is 0.352 e. The fourth-order valence-corrected chi connectivity index (χ4v) is 6.18. The molecule has 0 aliphatic heterocycles. The minimum Gasteiger partial charge on any atom is -0.352 e. The van der Waals surface area contributed by atoms with Gasteiger partial charge in [-0.2, -0.15) is 0 Å². The van der Waals surface area contributed by atoms with E-state index < -0.39 is 28.5 Å². The highest BCUT2D eigenvalue weighted by molar-refractivity contribution is 7.92. The first-order valence-corrected chi connectivity index (χ1v) is 15.8. The van der Waals surface area contributed by atoms with Crippen LogP contribution < -0.4 is 9.62 Å². The Labute approximate surface area is 257 Å². The SMILES string of the molecule is CC[C@H](C(=O)N[C@@H](C)CC)N(Cc1ccc(Cl)cc1Cl)C(=O)CN(c1ccc(Cl)cc1)S(=O)(=O)c1ccc(C)cc1. The Hall–Kier alpha value is -2.78. The van der Waals surface area contributed by atoms with Gasteiger partial charge in [-0.25, -0.2) is 8.42 Å². The van der Waals surface area contributed by atoms with E-state index in [1.54, 1.807) is 49.4 Å². The van der Waals surface area contributed by atoms with Crippen LogP contribution in [0.15, 0.2) is 71.6 Å². The second-order valence-corrected chi connectivity index (χ2v) is 12.9. The Balaban J connectivity index is 2.08. The summed E-state index contributed by atoms with van der Waals surface area (Å²) in [5.41, 5.74) is 1.71. The highest BCUT2D eigenvalue weighted by Crippen LogP contribution is 2.28. The van der Waals surface area contributed by atoms with Gasteiger partial charge in [0.15, 0.2) is 0 Å². The molecule has 3 rings (SSSR count). The summed E-state index contributed by atoms with van der Waals surface area (Å²) in [7, 11) is -4.18. The van der Waals surface area contributed by atoms with Gasteiger partial charge in [0, 0.05) is 27.7 Å². The van der Waals surface area contributed by atoms with Gasteiger partial charge in [0.1, 0.15) is 12.6 Å². The van der Waals surface area contributed by atoms with Crippen molar-refractivity contribution in [3.63, 3.8) is 0 Å². The molecule has 0 saturated carbocycles. The molecule has 0 unspecified atom stereocenters. The number of carbonyl (C=O) groups excluding carboxylic acids is 2. The van der Waals surface area contributed by atoms with Crippen LogP contribution in [0.4, 0.5) is 5.69 Å². The molecule has 0 aliphatic rings. The van der Waals surface area contributed by atoms with Crippen molar-refractivity contribution in [2.24, 2.45) is 0 Å². The number of anilines is 1. The zero-order valence-electron chi connectivity index (χ0n) is 23.4. The van der Waals surface area contributed by atoms with Crippen molar-refractivity contribution in [3.8, 4) is 0 Å². The molecule has 0 aliphatic carbocycles. The molecule has 7 nitrogen and oxygen atoms in total. The third-order valence-corrected chi connectivity index (χ3v) is 9.37. The summed E-state index contributed by atoms with van der Waals surface area (Å²) >= 11 is 18.6. The molecule has 0 bridgehead atoms. The summed E-state index contributed by atoms with van der Waals surface area (Å²) in [4.78, 5) is 28.9. The highest BCUT2D eigenvalue weighted by Gasteiger charge is 2.34. The molecule has 1 N–H and O–H groups in total. The summed E-state index contributed by atoms with van der Waals surface area (Å²) in [6.45, 7) is 6.89. The van der Waals surface area contributed by atoms with E-state index in [-0.39, 0.29) is 29.1 Å². The van der Waals surface area contributed by atoms with Crippen LogP contribution in [0.1, 0.15) is 44.7 Å². The number of nitrogens with one attached hydrogen (secondary N) is 1. The van der Waals surface area contributed by atoms with Crippen LogP contribution in [-0.2, 0) is 26.2 Å². The van der Waals surface area contributed by atoms with Crippen LogP contribution in [0.5, 0.6) is 0 Å². The number of amides is 2. The molecule has 11 heteroatoms. The van der Waals surface area contributed by atoms with E-state index in [0.717, 1.165) is 9.87 Å². The second-order valence-electron chi connectivity index (χ2n) is 9.80. The average Bonchev–Trinajstić information content (AvgIpc) is 2.93. The maximum Gasteiger partial charge on any atom is 0.264 e. The molecule has 0 radical (unpaired) electrons. The number of hydrogen-bond acceptors (Lipinski definition) is 4. The summed E-state index contributed by atoms with van der Waals surface area (Å²) in [6, 6.07) is 16.5. The normalized spacial score (nSPS) is 12.9. The number of carbonyl (C=O) groups is 2. The molecule has 2 amide bonds. The molecule has 0 spiro atoms. The lowest BCUT2D eigenvalue weighted by Gasteiger charge is -2.34. The smallest absolute Gasteiger partial charge is 0.264 e. The molecular weight excluding hydrogens is 605 g/mol. The topological polar surface area (TPSA) is 86.8 Å². The number of nitrogens with zero attached hydrogens (tertiary/aromatic N) is 2. The van der Waals surface area contributed by atoms with Crippen molar-refractivity contribution < 1.29 is 18.0 Å². The third kappa shape index (κ3) is 8.38. The first kappa shape index (κ1) is 32.7. The summed E-state index contributed by atoms with van der Waals surface area (Å²) in [6.07, 6.45) is 1.00. The zero-order valence-corrected chi connectivity index (χ0v) is 26.5. The van der Waals surface area contributed by atoms with Crippen LogP contribution in [0.25, 0.3) is 0 Å². The van der Waals surface area contributed by atoms with Crippen molar-refractivity contribution >= 4 is 62.3 Å². The standard InChI is InChI=1S/C30H34Cl3N3O4S/c1-5-21(4)34-30(38)28(6-2)35(18-22-9-10-24(32)17-27(22)33)29(37)19-36(25-13-11-23(31)12-14-25)41(39,40)26-15-7-20(3)8-16-26/h7-17,21,28H,5-6,18-19H2,1-4H3,(H,34,38)/t21-,28+/m0/s1. The van der Waals surface area contributed by atoms with Crippen molar-refractivity contribution in [1.29, 1.82) is 0 Å². The van der Waals surface area contributed by atoms with Gasteiger partial charge in [0.25, 0.3) is 10.0 Å². The molecule has 0 saturated heterocycles. The van der Waals surface area contributed by atoms with E-state index in [9.17, 15) is 18.0 Å². The predicted molar refractivity (Wildman–Crippen MR) is 166 cm³/mol. The van der Waals surface area contributed by atoms with Gasteiger partial charge < -0.3 is 10.2 Å². The monoisotopic (exact) mass is 637 g/mol. The number of sulfonamides is 1. The molecule has 220 valence electrons. The fourth-order valence-electron chi connectivity index (χ4n) is 4.17. The number of rotatable bonds is 12. The summed E-state index contributed by atoms with van der Waals surface area (Å²) in [5, 5.41) is 4.12. The van der Waals surface area contributed by atoms with E-state index in [1.165, 1.54) is 29.2 Å². The molecule has 0 fully saturated rings. The predicted octanol–water partition coefficient (Wildman–Crippen LogP) is 6.87. The van der Waals surface area contributed by atoms with Crippen molar-refractivity contribution in [2.75, 3.05) is 10.8 Å². The Morgan fingerprint density at radius 2 is 1.49 bits per heavy atom. The average molecular weight is 639 g/mol. The molecule has 41 heavy (non-hydrogen) atoms. The van der Waals surface area contributed by atoms with Crippen LogP contribution in [0, 0.1) is 6.92 Å². The number of benzene rings is 3. The lowest BCUT2D eigenvalue weighted by Crippen LogP contribution is -2.53. The molecule has 0 heterocycles. The molecule has 3 aromatic carbocycles. The molecule has 3 aromatic rings. The fraction of sp³-hybridized carbons (Fsp3) is 0.333. The minimum absolute atomic E-state index is 0.0275. The summed E-state index contributed by atoms with van der Waals surface area (Å²) in [5.74, 6) is -0.910. The maximum atomic E-state index is 14.1. The zero-order chi connectivity index (χ0) is 30.3. The number of aryl methyl sites for hydroxylation is 1. The van der Waals surface area contributed by atoms with E-state index in [1.807, 2.05) is 20.8 Å². The second kappa shape index (κ2) is 14.4. The van der Waals surface area contributed by atoms with E-state index >= 15 is 0 Å². The lowest BCUT2D eigenvalue weighted by molar-refractivity contribution is -0.140.